The van der Waals surface area contributed by atoms with E-state index in [4.69, 9.17) is 4.98 Å². The van der Waals surface area contributed by atoms with Crippen molar-refractivity contribution in [2.75, 3.05) is 29.5 Å². The van der Waals surface area contributed by atoms with Crippen molar-refractivity contribution in [1.29, 1.82) is 0 Å². The number of benzene rings is 2. The first kappa shape index (κ1) is 22.6. The number of rotatable bonds is 5. The van der Waals surface area contributed by atoms with E-state index in [1.807, 2.05) is 59.5 Å². The summed E-state index contributed by atoms with van der Waals surface area (Å²) in [4.78, 5) is 32.9. The molecule has 5 rings (SSSR count). The Balaban J connectivity index is 1.33. The molecule has 2 fully saturated rings. The number of nitrogens with zero attached hydrogens (tertiary/aromatic N) is 3. The van der Waals surface area contributed by atoms with Gasteiger partial charge in [0.05, 0.1) is 29.1 Å². The zero-order valence-electron chi connectivity index (χ0n) is 18.9. The molecule has 3 heterocycles. The number of piperidine rings is 1. The lowest BCUT2D eigenvalue weighted by molar-refractivity contribution is -0.126. The molecule has 0 radical (unpaired) electrons. The molecular weight excluding hydrogens is 452 g/mol. The fraction of sp³-hybridized carbons (Fsp3) is 0.400. The van der Waals surface area contributed by atoms with Gasteiger partial charge in [0.1, 0.15) is 0 Å². The number of aromatic nitrogens is 2. The van der Waals surface area contributed by atoms with Crippen LogP contribution < -0.4 is 15.8 Å². The second-order valence-corrected chi connectivity index (χ2v) is 11.4. The molecule has 34 heavy (non-hydrogen) atoms. The predicted octanol–water partition coefficient (Wildman–Crippen LogP) is 1.96. The number of hydrogen-bond acceptors (Lipinski definition) is 6. The third-order valence-electron chi connectivity index (χ3n) is 6.76. The smallest absolute Gasteiger partial charge is 0.294 e. The quantitative estimate of drug-likeness (QED) is 0.599. The van der Waals surface area contributed by atoms with Gasteiger partial charge in [-0.1, -0.05) is 42.5 Å². The van der Waals surface area contributed by atoms with Crippen molar-refractivity contribution in [3.05, 3.63) is 70.5 Å². The number of fused-ring (bicyclic) bond motifs is 1. The van der Waals surface area contributed by atoms with Gasteiger partial charge < -0.3 is 10.2 Å². The first-order valence-corrected chi connectivity index (χ1v) is 13.5. The highest BCUT2D eigenvalue weighted by Crippen LogP contribution is 2.23. The van der Waals surface area contributed by atoms with E-state index in [2.05, 4.69) is 5.32 Å². The van der Waals surface area contributed by atoms with Crippen molar-refractivity contribution in [1.82, 2.24) is 14.9 Å². The Kier molecular flexibility index (Phi) is 6.12. The minimum atomic E-state index is -3.03. The van der Waals surface area contributed by atoms with E-state index < -0.39 is 9.84 Å². The lowest BCUT2D eigenvalue weighted by atomic mass is 9.95. The maximum atomic E-state index is 13.5. The molecule has 2 aromatic carbocycles. The van der Waals surface area contributed by atoms with Crippen LogP contribution >= 0.6 is 0 Å². The number of hydrogen-bond donors (Lipinski definition) is 1. The van der Waals surface area contributed by atoms with Gasteiger partial charge in [0.25, 0.3) is 5.56 Å². The summed E-state index contributed by atoms with van der Waals surface area (Å²) in [5.41, 5.74) is 2.45. The maximum Gasteiger partial charge on any atom is 0.294 e. The number of anilines is 1. The Hall–Kier alpha value is -3.20. The van der Waals surface area contributed by atoms with E-state index in [1.165, 1.54) is 0 Å². The third kappa shape index (κ3) is 4.70. The zero-order valence-corrected chi connectivity index (χ0v) is 19.7. The number of nitrogens with one attached hydrogen (secondary N) is 1. The Labute approximate surface area is 198 Å². The minimum absolute atomic E-state index is 0.0273. The number of carbonyl (C=O) groups excluding carboxylic acids is 1. The summed E-state index contributed by atoms with van der Waals surface area (Å²) in [5.74, 6) is 0.301. The fourth-order valence-corrected chi connectivity index (χ4v) is 6.56. The molecular formula is C25H28N4O4S. The first-order valence-electron chi connectivity index (χ1n) is 11.7. The van der Waals surface area contributed by atoms with E-state index in [-0.39, 0.29) is 34.9 Å². The van der Waals surface area contributed by atoms with Gasteiger partial charge >= 0.3 is 0 Å². The zero-order chi connectivity index (χ0) is 23.7. The normalized spacial score (nSPS) is 20.5. The highest BCUT2D eigenvalue weighted by atomic mass is 32.2. The Morgan fingerprint density at radius 2 is 1.71 bits per heavy atom. The third-order valence-corrected chi connectivity index (χ3v) is 8.53. The highest BCUT2D eigenvalue weighted by Gasteiger charge is 2.32. The average molecular weight is 481 g/mol. The van der Waals surface area contributed by atoms with Crippen LogP contribution in [-0.2, 0) is 21.2 Å². The van der Waals surface area contributed by atoms with Crippen molar-refractivity contribution in [2.24, 2.45) is 5.92 Å². The van der Waals surface area contributed by atoms with Gasteiger partial charge in [-0.2, -0.15) is 0 Å². The molecule has 1 unspecified atom stereocenters. The van der Waals surface area contributed by atoms with Gasteiger partial charge in [-0.15, -0.1) is 0 Å². The number of para-hydroxylation sites is 2. The SMILES string of the molecule is O=C(NC1CCS(=O)(=O)C1)C1CCN(c2nc3ccccc3n(Cc3ccccc3)c2=O)CC1. The number of carbonyl (C=O) groups is 1. The molecule has 1 amide bonds. The van der Waals surface area contributed by atoms with Crippen molar-refractivity contribution in [2.45, 2.75) is 31.8 Å². The van der Waals surface area contributed by atoms with Gasteiger partial charge in [0, 0.05) is 25.0 Å². The summed E-state index contributed by atoms with van der Waals surface area (Å²) in [6, 6.07) is 17.2. The molecule has 2 saturated heterocycles. The highest BCUT2D eigenvalue weighted by molar-refractivity contribution is 7.91. The molecule has 2 aliphatic rings. The standard InChI is InChI=1S/C25H28N4O4S/c30-24(26-20-12-15-34(32,33)17-20)19-10-13-28(14-11-19)23-25(31)29(16-18-6-2-1-3-7-18)22-9-5-4-8-21(22)27-23/h1-9,19-20H,10-17H2,(H,26,30). The molecule has 0 aliphatic carbocycles. The van der Waals surface area contributed by atoms with Gasteiger partial charge in [-0.05, 0) is 37.0 Å². The minimum Gasteiger partial charge on any atom is -0.352 e. The van der Waals surface area contributed by atoms with Crippen molar-refractivity contribution >= 4 is 32.6 Å². The van der Waals surface area contributed by atoms with E-state index >= 15 is 0 Å². The molecule has 1 N–H and O–H groups in total. The van der Waals surface area contributed by atoms with E-state index in [0.29, 0.717) is 44.7 Å². The van der Waals surface area contributed by atoms with Crippen LogP contribution in [0.1, 0.15) is 24.8 Å². The lowest BCUT2D eigenvalue weighted by Crippen LogP contribution is -2.45. The predicted molar refractivity (Wildman–Crippen MR) is 132 cm³/mol. The van der Waals surface area contributed by atoms with Crippen LogP contribution in [0, 0.1) is 5.92 Å². The van der Waals surface area contributed by atoms with Crippen molar-refractivity contribution < 1.29 is 13.2 Å². The summed E-state index contributed by atoms with van der Waals surface area (Å²) < 4.78 is 25.1. The Morgan fingerprint density at radius 1 is 1.00 bits per heavy atom. The van der Waals surface area contributed by atoms with Crippen molar-refractivity contribution in [3.8, 4) is 0 Å². The molecule has 2 aliphatic heterocycles. The summed E-state index contributed by atoms with van der Waals surface area (Å²) in [6.07, 6.45) is 1.67. The van der Waals surface area contributed by atoms with Crippen LogP contribution in [0.15, 0.2) is 59.4 Å². The molecule has 0 saturated carbocycles. The maximum absolute atomic E-state index is 13.5. The second-order valence-electron chi connectivity index (χ2n) is 9.17. The van der Waals surface area contributed by atoms with Gasteiger partial charge in [-0.3, -0.25) is 14.2 Å². The summed E-state index contributed by atoms with van der Waals surface area (Å²) in [5, 5.41) is 2.91. The fourth-order valence-electron chi connectivity index (χ4n) is 4.89. The average Bonchev–Trinajstić information content (AvgIpc) is 3.19. The monoisotopic (exact) mass is 480 g/mol. The molecule has 9 heteroatoms. The van der Waals surface area contributed by atoms with E-state index in [9.17, 15) is 18.0 Å². The van der Waals surface area contributed by atoms with Crippen LogP contribution in [0.3, 0.4) is 0 Å². The second kappa shape index (κ2) is 9.21. The first-order chi connectivity index (χ1) is 16.4. The van der Waals surface area contributed by atoms with Crippen LogP contribution in [0.25, 0.3) is 11.0 Å². The lowest BCUT2D eigenvalue weighted by Gasteiger charge is -2.32. The van der Waals surface area contributed by atoms with E-state index in [0.717, 1.165) is 16.6 Å². The topological polar surface area (TPSA) is 101 Å². The molecule has 0 spiro atoms. The van der Waals surface area contributed by atoms with Crippen LogP contribution in [0.5, 0.6) is 0 Å². The summed E-state index contributed by atoms with van der Waals surface area (Å²) in [7, 11) is -3.03. The molecule has 1 atom stereocenters. The Bertz CT molecular complexity index is 1360. The summed E-state index contributed by atoms with van der Waals surface area (Å²) in [6.45, 7) is 1.55. The summed E-state index contributed by atoms with van der Waals surface area (Å²) >= 11 is 0. The number of amides is 1. The van der Waals surface area contributed by atoms with Gasteiger partial charge in [-0.25, -0.2) is 13.4 Å². The molecule has 1 aromatic heterocycles. The van der Waals surface area contributed by atoms with E-state index in [1.54, 1.807) is 4.57 Å². The largest absolute Gasteiger partial charge is 0.352 e. The van der Waals surface area contributed by atoms with Gasteiger partial charge in [0.2, 0.25) is 5.91 Å². The number of sulfone groups is 1. The molecule has 0 bridgehead atoms. The Morgan fingerprint density at radius 3 is 2.41 bits per heavy atom. The van der Waals surface area contributed by atoms with Crippen molar-refractivity contribution in [3.63, 3.8) is 0 Å². The van der Waals surface area contributed by atoms with Crippen LogP contribution in [0.2, 0.25) is 0 Å². The van der Waals surface area contributed by atoms with Gasteiger partial charge in [0.15, 0.2) is 15.7 Å². The van der Waals surface area contributed by atoms with Crippen LogP contribution in [-0.4, -0.2) is 54.5 Å². The molecule has 3 aromatic rings. The molecule has 8 nitrogen and oxygen atoms in total. The molecule has 178 valence electrons. The van der Waals surface area contributed by atoms with Crippen LogP contribution in [0.4, 0.5) is 5.82 Å².